The first-order valence-electron chi connectivity index (χ1n) is 7.31. The van der Waals surface area contributed by atoms with E-state index < -0.39 is 5.67 Å². The first-order chi connectivity index (χ1) is 7.89. The van der Waals surface area contributed by atoms with E-state index >= 15 is 0 Å². The van der Waals surface area contributed by atoms with Crippen LogP contribution in [0.2, 0.25) is 0 Å². The molecule has 1 spiro atoms. The van der Waals surface area contributed by atoms with Gasteiger partial charge in [0.05, 0.1) is 0 Å². The predicted molar refractivity (Wildman–Crippen MR) is 68.7 cm³/mol. The van der Waals surface area contributed by atoms with Crippen molar-refractivity contribution in [2.45, 2.75) is 58.5 Å². The van der Waals surface area contributed by atoms with Crippen molar-refractivity contribution in [1.29, 1.82) is 0 Å². The lowest BCUT2D eigenvalue weighted by molar-refractivity contribution is 0.0995. The summed E-state index contributed by atoms with van der Waals surface area (Å²) < 4.78 is 13.9. The minimum Gasteiger partial charge on any atom is -0.303 e. The Balaban J connectivity index is 1.53. The average molecular weight is 239 g/mol. The largest absolute Gasteiger partial charge is 0.303 e. The molecule has 2 heteroatoms. The van der Waals surface area contributed by atoms with Crippen LogP contribution in [-0.4, -0.2) is 30.2 Å². The Morgan fingerprint density at radius 1 is 1.12 bits per heavy atom. The van der Waals surface area contributed by atoms with Crippen molar-refractivity contribution in [3.63, 3.8) is 0 Å². The zero-order valence-corrected chi connectivity index (χ0v) is 11.6. The van der Waals surface area contributed by atoms with Gasteiger partial charge in [0.2, 0.25) is 0 Å². The topological polar surface area (TPSA) is 3.24 Å². The number of piperidine rings is 1. The number of likely N-dealkylation sites (tertiary alicyclic amines) is 1. The van der Waals surface area contributed by atoms with Gasteiger partial charge in [0, 0.05) is 12.0 Å². The van der Waals surface area contributed by atoms with Crippen molar-refractivity contribution < 1.29 is 4.39 Å². The number of nitrogens with zero attached hydrogens (tertiary/aromatic N) is 1. The molecule has 0 aromatic rings. The van der Waals surface area contributed by atoms with Crippen molar-refractivity contribution in [3.8, 4) is 0 Å². The quantitative estimate of drug-likeness (QED) is 0.727. The highest BCUT2D eigenvalue weighted by molar-refractivity contribution is 5.15. The molecule has 0 aromatic carbocycles. The highest BCUT2D eigenvalue weighted by Gasteiger charge is 2.65. The van der Waals surface area contributed by atoms with Gasteiger partial charge in [-0.15, -0.1) is 0 Å². The molecule has 0 aromatic heterocycles. The molecular weight excluding hydrogens is 213 g/mol. The zero-order valence-electron chi connectivity index (χ0n) is 11.6. The summed E-state index contributed by atoms with van der Waals surface area (Å²) in [7, 11) is 0. The van der Waals surface area contributed by atoms with E-state index in [1.807, 2.05) is 0 Å². The monoisotopic (exact) mass is 239 g/mol. The molecule has 2 aliphatic carbocycles. The van der Waals surface area contributed by atoms with Crippen molar-refractivity contribution >= 4 is 0 Å². The van der Waals surface area contributed by atoms with E-state index in [0.717, 1.165) is 38.3 Å². The number of alkyl halides is 1. The van der Waals surface area contributed by atoms with E-state index in [2.05, 4.69) is 18.7 Å². The van der Waals surface area contributed by atoms with Gasteiger partial charge in [-0.3, -0.25) is 0 Å². The lowest BCUT2D eigenvalue weighted by Crippen LogP contribution is -2.41. The standard InChI is InChI=1S/C15H26FN/c1-12(2)14(4-5-14)11-17-8-6-15(7-9-17)10-13(15,3)16/h12H,4-11H2,1-3H3. The summed E-state index contributed by atoms with van der Waals surface area (Å²) >= 11 is 0. The molecule has 1 unspecified atom stereocenters. The summed E-state index contributed by atoms with van der Waals surface area (Å²) in [5.41, 5.74) is -0.139. The SMILES string of the molecule is CC(C)C1(CN2CCC3(CC2)CC3(C)F)CC1. The van der Waals surface area contributed by atoms with Gasteiger partial charge in [-0.2, -0.15) is 0 Å². The summed E-state index contributed by atoms with van der Waals surface area (Å²) in [5.74, 6) is 0.811. The summed E-state index contributed by atoms with van der Waals surface area (Å²) in [6.07, 6.45) is 5.83. The van der Waals surface area contributed by atoms with Crippen LogP contribution in [0.3, 0.4) is 0 Å². The van der Waals surface area contributed by atoms with Crippen LogP contribution < -0.4 is 0 Å². The number of halogens is 1. The normalized spacial score (nSPS) is 38.6. The van der Waals surface area contributed by atoms with Crippen LogP contribution in [-0.2, 0) is 0 Å². The lowest BCUT2D eigenvalue weighted by atomic mass is 9.87. The molecule has 1 heterocycles. The molecule has 1 aliphatic heterocycles. The summed E-state index contributed by atoms with van der Waals surface area (Å²) in [4.78, 5) is 2.60. The Morgan fingerprint density at radius 3 is 2.00 bits per heavy atom. The van der Waals surface area contributed by atoms with Crippen molar-refractivity contribution in [1.82, 2.24) is 4.90 Å². The Bertz CT molecular complexity index is 309. The van der Waals surface area contributed by atoms with Crippen molar-refractivity contribution in [3.05, 3.63) is 0 Å². The average Bonchev–Trinajstić information content (AvgIpc) is 3.10. The first-order valence-corrected chi connectivity index (χ1v) is 7.31. The van der Waals surface area contributed by atoms with Crippen molar-refractivity contribution in [2.24, 2.45) is 16.7 Å². The molecule has 3 fully saturated rings. The summed E-state index contributed by atoms with van der Waals surface area (Å²) in [6.45, 7) is 10.1. The maximum Gasteiger partial charge on any atom is 0.114 e. The molecule has 98 valence electrons. The van der Waals surface area contributed by atoms with Crippen LogP contribution in [0, 0.1) is 16.7 Å². The van der Waals surface area contributed by atoms with Gasteiger partial charge < -0.3 is 4.90 Å². The van der Waals surface area contributed by atoms with E-state index in [4.69, 9.17) is 0 Å². The molecule has 1 nitrogen and oxygen atoms in total. The fraction of sp³-hybridized carbons (Fsp3) is 1.00. The Labute approximate surface area is 105 Å². The second-order valence-corrected chi connectivity index (χ2v) is 7.45. The van der Waals surface area contributed by atoms with Crippen LogP contribution in [0.15, 0.2) is 0 Å². The third-order valence-electron chi connectivity index (χ3n) is 6.12. The van der Waals surface area contributed by atoms with E-state index in [-0.39, 0.29) is 5.41 Å². The molecule has 0 N–H and O–H groups in total. The fourth-order valence-electron chi connectivity index (χ4n) is 3.95. The molecule has 0 radical (unpaired) electrons. The van der Waals surface area contributed by atoms with Gasteiger partial charge in [0.1, 0.15) is 5.67 Å². The second kappa shape index (κ2) is 3.46. The van der Waals surface area contributed by atoms with E-state index in [1.54, 1.807) is 6.92 Å². The summed E-state index contributed by atoms with van der Waals surface area (Å²) in [5, 5.41) is 0. The number of rotatable bonds is 3. The minimum absolute atomic E-state index is 0.0814. The fourth-order valence-corrected chi connectivity index (χ4v) is 3.95. The van der Waals surface area contributed by atoms with Crippen LogP contribution >= 0.6 is 0 Å². The number of hydrogen-bond acceptors (Lipinski definition) is 1. The molecule has 1 atom stereocenters. The van der Waals surface area contributed by atoms with Gasteiger partial charge in [-0.1, -0.05) is 13.8 Å². The Hall–Kier alpha value is -0.110. The molecule has 3 rings (SSSR count). The molecule has 1 saturated heterocycles. The molecule has 2 saturated carbocycles. The first kappa shape index (κ1) is 12.0. The van der Waals surface area contributed by atoms with E-state index in [9.17, 15) is 4.39 Å². The van der Waals surface area contributed by atoms with Gasteiger partial charge in [0.15, 0.2) is 0 Å². The number of hydrogen-bond donors (Lipinski definition) is 0. The van der Waals surface area contributed by atoms with Crippen LogP contribution in [0.5, 0.6) is 0 Å². The van der Waals surface area contributed by atoms with Gasteiger partial charge in [-0.25, -0.2) is 4.39 Å². The lowest BCUT2D eigenvalue weighted by Gasteiger charge is -2.36. The second-order valence-electron chi connectivity index (χ2n) is 7.45. The molecule has 17 heavy (non-hydrogen) atoms. The minimum atomic E-state index is -0.839. The van der Waals surface area contributed by atoms with E-state index in [1.165, 1.54) is 19.4 Å². The zero-order chi connectivity index (χ0) is 12.3. The highest BCUT2D eigenvalue weighted by Crippen LogP contribution is 2.65. The van der Waals surface area contributed by atoms with Gasteiger partial charge >= 0.3 is 0 Å². The predicted octanol–water partition coefficient (Wildman–Crippen LogP) is 3.64. The van der Waals surface area contributed by atoms with Gasteiger partial charge in [-0.05, 0) is 63.5 Å². The van der Waals surface area contributed by atoms with Gasteiger partial charge in [0.25, 0.3) is 0 Å². The third-order valence-corrected chi connectivity index (χ3v) is 6.12. The van der Waals surface area contributed by atoms with Crippen LogP contribution in [0.4, 0.5) is 4.39 Å². The highest BCUT2D eigenvalue weighted by atomic mass is 19.1. The van der Waals surface area contributed by atoms with Crippen molar-refractivity contribution in [2.75, 3.05) is 19.6 Å². The maximum absolute atomic E-state index is 13.9. The Morgan fingerprint density at radius 2 is 1.65 bits per heavy atom. The van der Waals surface area contributed by atoms with Crippen LogP contribution in [0.25, 0.3) is 0 Å². The summed E-state index contributed by atoms with van der Waals surface area (Å²) in [6, 6.07) is 0. The maximum atomic E-state index is 13.9. The van der Waals surface area contributed by atoms with E-state index in [0.29, 0.717) is 5.41 Å². The third kappa shape index (κ3) is 1.83. The molecule has 3 aliphatic rings. The molecule has 0 amide bonds. The molecular formula is C15H26FN. The molecule has 0 bridgehead atoms. The van der Waals surface area contributed by atoms with Crippen LogP contribution in [0.1, 0.15) is 52.9 Å². The smallest absolute Gasteiger partial charge is 0.114 e. The Kier molecular flexibility index (Phi) is 2.44.